The maximum Gasteiger partial charge on any atom is 0.161 e. The lowest BCUT2D eigenvalue weighted by Gasteiger charge is -1.93. The van der Waals surface area contributed by atoms with Crippen molar-refractivity contribution in [3.63, 3.8) is 0 Å². The average Bonchev–Trinajstić information content (AvgIpc) is 3.38. The molecule has 0 fully saturated rings. The maximum atomic E-state index is 6.41. The summed E-state index contributed by atoms with van der Waals surface area (Å²) in [5.41, 5.74) is 3.54. The summed E-state index contributed by atoms with van der Waals surface area (Å²) in [4.78, 5) is 9.69. The molecule has 3 nitrogen and oxygen atoms in total. The zero-order valence-electron chi connectivity index (χ0n) is 14.2. The van der Waals surface area contributed by atoms with E-state index in [1.54, 1.807) is 0 Å². The number of para-hydroxylation sites is 2. The predicted octanol–water partition coefficient (Wildman–Crippen LogP) is 4.69. The third-order valence-electron chi connectivity index (χ3n) is 5.61. The molecular weight excluding hydrogens is 332 g/mol. The fourth-order valence-electron chi connectivity index (χ4n) is 4.37. The summed E-state index contributed by atoms with van der Waals surface area (Å²) < 4.78 is 6.41. The van der Waals surface area contributed by atoms with E-state index in [4.69, 9.17) is 14.4 Å². The van der Waals surface area contributed by atoms with Crippen LogP contribution in [0.15, 0.2) is 87.2 Å². The Labute approximate surface area is 152 Å². The van der Waals surface area contributed by atoms with Crippen molar-refractivity contribution in [3.05, 3.63) is 104 Å². The fraction of sp³-hybridized carbons (Fsp3) is 0. The highest BCUT2D eigenvalue weighted by atomic mass is 16.3. The molecule has 0 bridgehead atoms. The third-order valence-corrected chi connectivity index (χ3v) is 5.61. The molecule has 2 aliphatic heterocycles. The van der Waals surface area contributed by atoms with E-state index < -0.39 is 0 Å². The van der Waals surface area contributed by atoms with Crippen LogP contribution in [-0.4, -0.2) is 0 Å². The first-order chi connectivity index (χ1) is 13.4. The van der Waals surface area contributed by atoms with E-state index >= 15 is 0 Å². The Balaban J connectivity index is 1.71. The Hall–Kier alpha value is -3.72. The number of benzene rings is 4. The lowest BCUT2D eigenvalue weighted by Crippen LogP contribution is -1.97. The molecule has 0 saturated heterocycles. The molecule has 3 heteroatoms. The number of furan rings is 1. The molecule has 5 aromatic rings. The van der Waals surface area contributed by atoms with Gasteiger partial charge in [0.25, 0.3) is 0 Å². The molecule has 0 spiro atoms. The molecule has 0 atom stereocenters. The summed E-state index contributed by atoms with van der Waals surface area (Å²) in [6, 6.07) is 25.1. The lowest BCUT2D eigenvalue weighted by atomic mass is 10.1. The van der Waals surface area contributed by atoms with Crippen LogP contribution in [0.25, 0.3) is 21.9 Å². The van der Waals surface area contributed by atoms with Crippen LogP contribution in [0, 0.1) is 20.9 Å². The van der Waals surface area contributed by atoms with E-state index in [1.807, 2.05) is 24.3 Å². The summed E-state index contributed by atoms with van der Waals surface area (Å²) in [7, 11) is 0. The molecule has 0 radical (unpaired) electrons. The Kier molecular flexibility index (Phi) is 2.25. The van der Waals surface area contributed by atoms with Crippen LogP contribution >= 0.6 is 0 Å². The summed E-state index contributed by atoms with van der Waals surface area (Å²) in [5, 5.41) is 8.78. The van der Waals surface area contributed by atoms with Crippen molar-refractivity contribution in [1.82, 2.24) is 0 Å². The van der Waals surface area contributed by atoms with Gasteiger partial charge in [0.05, 0.1) is 10.7 Å². The minimum Gasteiger partial charge on any atom is -0.451 e. The predicted molar refractivity (Wildman–Crippen MR) is 104 cm³/mol. The van der Waals surface area contributed by atoms with Gasteiger partial charge in [-0.05, 0) is 24.3 Å². The van der Waals surface area contributed by atoms with Crippen LogP contribution in [0.3, 0.4) is 0 Å². The van der Waals surface area contributed by atoms with Gasteiger partial charge in [-0.15, -0.1) is 0 Å². The first kappa shape index (κ1) is 13.5. The maximum absolute atomic E-state index is 6.41. The minimum absolute atomic E-state index is 0.846. The van der Waals surface area contributed by atoms with Crippen LogP contribution in [0.2, 0.25) is 0 Å². The molecule has 0 aliphatic carbocycles. The first-order valence-corrected chi connectivity index (χ1v) is 9.03. The summed E-state index contributed by atoms with van der Waals surface area (Å²) in [5.74, 6) is 0. The van der Waals surface area contributed by atoms with Crippen LogP contribution in [-0.2, 0) is 0 Å². The van der Waals surface area contributed by atoms with Gasteiger partial charge in [-0.3, -0.25) is 0 Å². The smallest absolute Gasteiger partial charge is 0.161 e. The van der Waals surface area contributed by atoms with Crippen LogP contribution < -0.4 is 10.7 Å². The summed E-state index contributed by atoms with van der Waals surface area (Å²) in [6.07, 6.45) is 0. The Morgan fingerprint density at radius 2 is 0.963 bits per heavy atom. The molecule has 0 amide bonds. The number of nitrogens with zero attached hydrogens (tertiary/aromatic N) is 2. The van der Waals surface area contributed by atoms with Crippen molar-refractivity contribution < 1.29 is 4.42 Å². The highest BCUT2D eigenvalue weighted by molar-refractivity contribution is 6.11. The summed E-state index contributed by atoms with van der Waals surface area (Å²) in [6.45, 7) is 0. The molecule has 0 unspecified atom stereocenters. The molecule has 0 N–H and O–H groups in total. The van der Waals surface area contributed by atoms with Crippen molar-refractivity contribution >= 4 is 33.3 Å². The van der Waals surface area contributed by atoms with Crippen LogP contribution in [0.1, 0.15) is 0 Å². The average molecular weight is 344 g/mol. The van der Waals surface area contributed by atoms with E-state index in [0.717, 1.165) is 64.9 Å². The molecule has 7 rings (SSSR count). The van der Waals surface area contributed by atoms with Gasteiger partial charge in [-0.1, -0.05) is 48.5 Å². The van der Waals surface area contributed by atoms with Gasteiger partial charge in [0, 0.05) is 31.6 Å². The van der Waals surface area contributed by atoms with E-state index in [1.165, 1.54) is 0 Å². The van der Waals surface area contributed by atoms with Gasteiger partial charge in [-0.2, -0.15) is 0 Å². The van der Waals surface area contributed by atoms with Crippen molar-refractivity contribution in [3.8, 4) is 0 Å². The van der Waals surface area contributed by atoms with Gasteiger partial charge in [-0.25, -0.2) is 9.98 Å². The molecule has 124 valence electrons. The second-order valence-electron chi connectivity index (χ2n) is 7.04. The lowest BCUT2D eigenvalue weighted by molar-refractivity contribution is 0.669. The first-order valence-electron chi connectivity index (χ1n) is 9.03. The molecule has 27 heavy (non-hydrogen) atoms. The zero-order chi connectivity index (χ0) is 17.5. The van der Waals surface area contributed by atoms with Gasteiger partial charge in [0.2, 0.25) is 0 Å². The molecular formula is C24H12N2O. The number of hydrogen-bond donors (Lipinski definition) is 0. The van der Waals surface area contributed by atoms with E-state index in [-0.39, 0.29) is 0 Å². The van der Waals surface area contributed by atoms with Crippen LogP contribution in [0.5, 0.6) is 0 Å². The molecule has 1 aromatic heterocycles. The minimum atomic E-state index is 0.846. The monoisotopic (exact) mass is 344 g/mol. The van der Waals surface area contributed by atoms with Gasteiger partial charge < -0.3 is 4.42 Å². The standard InChI is InChI=1S/C24H12N2O/c1-3-7-19-13(5-1)15-9-11-17-18-12-10-16-14-6-2-4-8-20(14)26-22(16)24(18)27-23(17)21(15)25-19/h1-12H. The molecule has 4 aromatic carbocycles. The summed E-state index contributed by atoms with van der Waals surface area (Å²) >= 11 is 0. The second-order valence-corrected chi connectivity index (χ2v) is 7.04. The SMILES string of the molecule is c1ccc2c(c1)=Nc1c=2ccc2c1oc1c3c(ccc12)=c1ccccc1=N3. The zero-order valence-corrected chi connectivity index (χ0v) is 14.2. The van der Waals surface area contributed by atoms with Crippen LogP contribution in [0.4, 0.5) is 11.4 Å². The van der Waals surface area contributed by atoms with E-state index in [9.17, 15) is 0 Å². The van der Waals surface area contributed by atoms with Gasteiger partial charge in [0.15, 0.2) is 11.2 Å². The topological polar surface area (TPSA) is 37.9 Å². The van der Waals surface area contributed by atoms with Crippen molar-refractivity contribution in [2.24, 2.45) is 9.98 Å². The molecule has 2 aliphatic rings. The number of fused-ring (bicyclic) bond motifs is 9. The quantitative estimate of drug-likeness (QED) is 0.393. The van der Waals surface area contributed by atoms with E-state index in [2.05, 4.69) is 48.5 Å². The highest BCUT2D eigenvalue weighted by Crippen LogP contribution is 2.40. The Bertz CT molecular complexity index is 1650. The third kappa shape index (κ3) is 1.57. The number of hydrogen-bond acceptors (Lipinski definition) is 3. The normalized spacial score (nSPS) is 13.0. The fourth-order valence-corrected chi connectivity index (χ4v) is 4.37. The molecule has 0 saturated carbocycles. The second kappa shape index (κ2) is 4.51. The van der Waals surface area contributed by atoms with Gasteiger partial charge in [0.1, 0.15) is 11.4 Å². The molecule has 3 heterocycles. The Morgan fingerprint density at radius 3 is 1.48 bits per heavy atom. The van der Waals surface area contributed by atoms with Crippen molar-refractivity contribution in [2.75, 3.05) is 0 Å². The van der Waals surface area contributed by atoms with Gasteiger partial charge >= 0.3 is 0 Å². The van der Waals surface area contributed by atoms with Crippen molar-refractivity contribution in [1.29, 1.82) is 0 Å². The Morgan fingerprint density at radius 1 is 0.481 bits per heavy atom. The largest absolute Gasteiger partial charge is 0.451 e. The van der Waals surface area contributed by atoms with E-state index in [0.29, 0.717) is 0 Å². The highest BCUT2D eigenvalue weighted by Gasteiger charge is 2.18. The van der Waals surface area contributed by atoms with Crippen molar-refractivity contribution in [2.45, 2.75) is 0 Å². The number of rotatable bonds is 0.